The van der Waals surface area contributed by atoms with Gasteiger partial charge < -0.3 is 0 Å². The van der Waals surface area contributed by atoms with Crippen molar-refractivity contribution in [3.63, 3.8) is 0 Å². The Balaban J connectivity index is 2.46. The number of halogens is 3. The Labute approximate surface area is 116 Å². The van der Waals surface area contributed by atoms with Crippen LogP contribution in [0.15, 0.2) is 45.9 Å². The minimum absolute atomic E-state index is 0.0399. The average Bonchev–Trinajstić information content (AvgIpc) is 2.27. The summed E-state index contributed by atoms with van der Waals surface area (Å²) >= 11 is 2.83. The number of sulfonamides is 1. The van der Waals surface area contributed by atoms with Gasteiger partial charge in [0.25, 0.3) is 10.0 Å². The summed E-state index contributed by atoms with van der Waals surface area (Å²) in [6, 6.07) is 5.95. The largest absolute Gasteiger partial charge is 0.267 e. The Hall–Kier alpha value is -1.54. The first-order valence-electron chi connectivity index (χ1n) is 4.98. The molecule has 0 amide bonds. The predicted octanol–water partition coefficient (Wildman–Crippen LogP) is 2.92. The lowest BCUT2D eigenvalue weighted by Crippen LogP contribution is -2.16. The number of hydrogen-bond donors (Lipinski definition) is 1. The predicted molar refractivity (Wildman–Crippen MR) is 69.1 cm³/mol. The van der Waals surface area contributed by atoms with Crippen molar-refractivity contribution in [2.24, 2.45) is 0 Å². The molecule has 0 atom stereocenters. The van der Waals surface area contributed by atoms with Gasteiger partial charge in [0.2, 0.25) is 0 Å². The van der Waals surface area contributed by atoms with Crippen molar-refractivity contribution in [2.75, 3.05) is 4.72 Å². The second-order valence-electron chi connectivity index (χ2n) is 3.52. The third kappa shape index (κ3) is 3.07. The highest BCUT2D eigenvalue weighted by atomic mass is 79.9. The molecule has 1 aromatic heterocycles. The molecule has 0 aliphatic rings. The van der Waals surface area contributed by atoms with Gasteiger partial charge in [0, 0.05) is 16.7 Å². The maximum absolute atomic E-state index is 13.6. The summed E-state index contributed by atoms with van der Waals surface area (Å²) in [6.07, 6.45) is 1.38. The molecule has 0 aliphatic carbocycles. The number of rotatable bonds is 3. The lowest BCUT2D eigenvalue weighted by molar-refractivity contribution is 0.548. The summed E-state index contributed by atoms with van der Waals surface area (Å²) in [6.45, 7) is 0. The first-order valence-corrected chi connectivity index (χ1v) is 7.26. The van der Waals surface area contributed by atoms with E-state index in [9.17, 15) is 17.2 Å². The van der Waals surface area contributed by atoms with E-state index in [2.05, 4.69) is 25.6 Å². The highest BCUT2D eigenvalue weighted by Gasteiger charge is 2.24. The third-order valence-corrected chi connectivity index (χ3v) is 4.45. The summed E-state index contributed by atoms with van der Waals surface area (Å²) in [5.41, 5.74) is 0. The van der Waals surface area contributed by atoms with Crippen LogP contribution in [0.25, 0.3) is 0 Å². The zero-order chi connectivity index (χ0) is 14.0. The second kappa shape index (κ2) is 5.22. The van der Waals surface area contributed by atoms with Gasteiger partial charge in [-0.1, -0.05) is 6.07 Å². The van der Waals surface area contributed by atoms with E-state index in [1.807, 2.05) is 0 Å². The van der Waals surface area contributed by atoms with E-state index in [0.717, 1.165) is 6.07 Å². The molecule has 2 rings (SSSR count). The average molecular weight is 349 g/mol. The molecule has 0 fully saturated rings. The Morgan fingerprint density at radius 3 is 2.53 bits per heavy atom. The standard InChI is InChI=1S/C11H7BrF2N2O2S/c12-8-5-7(13)6-9(14)11(8)19(17,18)16-10-3-1-2-4-15-10/h1-6H,(H,15,16). The molecule has 1 N–H and O–H groups in total. The van der Waals surface area contributed by atoms with Gasteiger partial charge in [-0.05, 0) is 34.1 Å². The van der Waals surface area contributed by atoms with E-state index >= 15 is 0 Å². The Morgan fingerprint density at radius 2 is 1.95 bits per heavy atom. The van der Waals surface area contributed by atoms with Crippen LogP contribution < -0.4 is 4.72 Å². The van der Waals surface area contributed by atoms with Crippen molar-refractivity contribution >= 4 is 31.8 Å². The molecule has 0 spiro atoms. The maximum atomic E-state index is 13.6. The zero-order valence-corrected chi connectivity index (χ0v) is 11.7. The minimum atomic E-state index is -4.19. The molecule has 0 aliphatic heterocycles. The fourth-order valence-corrected chi connectivity index (χ4v) is 3.57. The number of nitrogens with zero attached hydrogens (tertiary/aromatic N) is 1. The maximum Gasteiger partial charge on any atom is 0.267 e. The van der Waals surface area contributed by atoms with E-state index in [1.165, 1.54) is 12.3 Å². The van der Waals surface area contributed by atoms with Crippen molar-refractivity contribution in [1.29, 1.82) is 0 Å². The first kappa shape index (κ1) is 13.9. The number of hydrogen-bond acceptors (Lipinski definition) is 3. The first-order chi connectivity index (χ1) is 8.90. The van der Waals surface area contributed by atoms with Crippen molar-refractivity contribution in [1.82, 2.24) is 4.98 Å². The van der Waals surface area contributed by atoms with Gasteiger partial charge in [-0.25, -0.2) is 22.2 Å². The van der Waals surface area contributed by atoms with Gasteiger partial charge in [-0.3, -0.25) is 4.72 Å². The molecule has 19 heavy (non-hydrogen) atoms. The normalized spacial score (nSPS) is 11.3. The minimum Gasteiger partial charge on any atom is -0.263 e. The van der Waals surface area contributed by atoms with Crippen molar-refractivity contribution in [3.05, 3.63) is 52.6 Å². The molecular weight excluding hydrogens is 342 g/mol. The van der Waals surface area contributed by atoms with Crippen LogP contribution in [0, 0.1) is 11.6 Å². The number of nitrogens with one attached hydrogen (secondary N) is 1. The molecule has 2 aromatic rings. The van der Waals surface area contributed by atoms with E-state index in [0.29, 0.717) is 6.07 Å². The lowest BCUT2D eigenvalue weighted by Gasteiger charge is -2.09. The SMILES string of the molecule is O=S(=O)(Nc1ccccn1)c1c(F)cc(F)cc1Br. The Bertz CT molecular complexity index is 685. The second-order valence-corrected chi connectivity index (χ2v) is 5.99. The van der Waals surface area contributed by atoms with Gasteiger partial charge in [0.1, 0.15) is 22.3 Å². The van der Waals surface area contributed by atoms with Crippen molar-refractivity contribution in [2.45, 2.75) is 4.90 Å². The molecule has 100 valence electrons. The Kier molecular flexibility index (Phi) is 3.81. The molecule has 4 nitrogen and oxygen atoms in total. The summed E-state index contributed by atoms with van der Waals surface area (Å²) in [5, 5.41) is 0. The van der Waals surface area contributed by atoms with E-state index in [4.69, 9.17) is 0 Å². The van der Waals surface area contributed by atoms with Crippen LogP contribution in [0.5, 0.6) is 0 Å². The smallest absolute Gasteiger partial charge is 0.263 e. The fourth-order valence-electron chi connectivity index (χ4n) is 1.40. The molecule has 0 bridgehead atoms. The van der Waals surface area contributed by atoms with Crippen LogP contribution in [-0.4, -0.2) is 13.4 Å². The van der Waals surface area contributed by atoms with Crippen molar-refractivity contribution < 1.29 is 17.2 Å². The van der Waals surface area contributed by atoms with Crippen LogP contribution in [0.2, 0.25) is 0 Å². The van der Waals surface area contributed by atoms with Gasteiger partial charge in [-0.2, -0.15) is 0 Å². The molecule has 1 aromatic carbocycles. The molecular formula is C11H7BrF2N2O2S. The number of anilines is 1. The summed E-state index contributed by atoms with van der Waals surface area (Å²) < 4.78 is 52.5. The summed E-state index contributed by atoms with van der Waals surface area (Å²) in [5.74, 6) is -2.02. The summed E-state index contributed by atoms with van der Waals surface area (Å²) in [4.78, 5) is 3.10. The van der Waals surface area contributed by atoms with Crippen LogP contribution >= 0.6 is 15.9 Å². The van der Waals surface area contributed by atoms with Gasteiger partial charge in [-0.15, -0.1) is 0 Å². The monoisotopic (exact) mass is 348 g/mol. The number of benzene rings is 1. The topological polar surface area (TPSA) is 59.1 Å². The van der Waals surface area contributed by atoms with Crippen LogP contribution in [-0.2, 0) is 10.0 Å². The molecule has 0 saturated carbocycles. The highest BCUT2D eigenvalue weighted by molar-refractivity contribution is 9.10. The van der Waals surface area contributed by atoms with E-state index < -0.39 is 26.6 Å². The van der Waals surface area contributed by atoms with Gasteiger partial charge >= 0.3 is 0 Å². The van der Waals surface area contributed by atoms with Crippen LogP contribution in [0.3, 0.4) is 0 Å². The van der Waals surface area contributed by atoms with E-state index in [1.54, 1.807) is 12.1 Å². The lowest BCUT2D eigenvalue weighted by atomic mass is 10.3. The van der Waals surface area contributed by atoms with Crippen LogP contribution in [0.1, 0.15) is 0 Å². The van der Waals surface area contributed by atoms with Crippen molar-refractivity contribution in [3.8, 4) is 0 Å². The van der Waals surface area contributed by atoms with Gasteiger partial charge in [0.05, 0.1) is 0 Å². The quantitative estimate of drug-likeness (QED) is 0.927. The highest BCUT2D eigenvalue weighted by Crippen LogP contribution is 2.27. The summed E-state index contributed by atoms with van der Waals surface area (Å²) in [7, 11) is -4.19. The molecule has 0 unspecified atom stereocenters. The zero-order valence-electron chi connectivity index (χ0n) is 9.27. The van der Waals surface area contributed by atoms with Crippen LogP contribution in [0.4, 0.5) is 14.6 Å². The molecule has 1 heterocycles. The number of aromatic nitrogens is 1. The molecule has 8 heteroatoms. The van der Waals surface area contributed by atoms with E-state index in [-0.39, 0.29) is 10.3 Å². The third-order valence-electron chi connectivity index (χ3n) is 2.14. The Morgan fingerprint density at radius 1 is 1.21 bits per heavy atom. The fraction of sp³-hybridized carbons (Fsp3) is 0. The van der Waals surface area contributed by atoms with Gasteiger partial charge in [0.15, 0.2) is 0 Å². The molecule has 0 saturated heterocycles. The molecule has 0 radical (unpaired) electrons. The number of pyridine rings is 1.